The number of aliphatic hydroxyl groups excluding tert-OH is 1. The monoisotopic (exact) mass is 768 g/mol. The molecule has 0 aliphatic carbocycles. The van der Waals surface area contributed by atoms with Gasteiger partial charge in [-0.05, 0) is 70.3 Å². The predicted molar refractivity (Wildman–Crippen MR) is 213 cm³/mol. The number of rotatable bonds is 18. The summed E-state index contributed by atoms with van der Waals surface area (Å²) in [4.78, 5) is 36.0. The molecule has 1 aliphatic rings. The van der Waals surface area contributed by atoms with Crippen molar-refractivity contribution in [2.75, 3.05) is 26.2 Å². The lowest BCUT2D eigenvalue weighted by molar-refractivity contribution is -0.128. The SMILES string of the molecule is CC[C@H](C)[C@@H](C(=O)N[C@@H](Cc1ccccc1)[C@@H](O)CN(CC(C)C)S(=O)(=O)c1ccc(C=NO)cc1)N1CCN(Cc2cccc(-c3cccnc3)c2)C1=O. The van der Waals surface area contributed by atoms with Gasteiger partial charge in [-0.2, -0.15) is 4.31 Å². The van der Waals surface area contributed by atoms with Gasteiger partial charge in [0.1, 0.15) is 6.04 Å². The van der Waals surface area contributed by atoms with Gasteiger partial charge in [0.15, 0.2) is 0 Å². The molecule has 12 nitrogen and oxygen atoms in total. The molecule has 3 amide bonds. The number of aromatic nitrogens is 1. The van der Waals surface area contributed by atoms with E-state index in [-0.39, 0.29) is 42.3 Å². The number of hydrogen-bond acceptors (Lipinski definition) is 8. The Morgan fingerprint density at radius 1 is 0.945 bits per heavy atom. The van der Waals surface area contributed by atoms with E-state index >= 15 is 0 Å². The van der Waals surface area contributed by atoms with Crippen LogP contribution in [0.25, 0.3) is 11.1 Å². The summed E-state index contributed by atoms with van der Waals surface area (Å²) in [6.07, 6.45) is 4.29. The van der Waals surface area contributed by atoms with Gasteiger partial charge in [-0.25, -0.2) is 13.2 Å². The molecule has 4 aromatic rings. The zero-order valence-electron chi connectivity index (χ0n) is 31.9. The van der Waals surface area contributed by atoms with Gasteiger partial charge in [0, 0.05) is 45.1 Å². The first-order valence-electron chi connectivity index (χ1n) is 18.8. The molecule has 0 spiro atoms. The summed E-state index contributed by atoms with van der Waals surface area (Å²) in [5, 5.41) is 26.8. The minimum absolute atomic E-state index is 0.0248. The standard InChI is InChI=1S/C42H52N6O6S/c1-5-31(4)40(48-22-21-46(42(48)51)28-34-13-9-14-35(23-34)36-15-10-20-43-26-36)41(50)45-38(24-32-11-7-6-8-12-32)39(49)29-47(27-30(2)3)55(53,54)37-18-16-33(17-19-37)25-44-52/h6-20,23,25-26,30-31,38-40,49,52H,5,21-22,24,27-29H2,1-4H3,(H,45,50)/t31-,38-,39-,40-/m0/s1. The van der Waals surface area contributed by atoms with Crippen LogP contribution >= 0.6 is 0 Å². The van der Waals surface area contributed by atoms with E-state index in [1.165, 1.54) is 34.8 Å². The largest absolute Gasteiger partial charge is 0.411 e. The summed E-state index contributed by atoms with van der Waals surface area (Å²) < 4.78 is 29.2. The summed E-state index contributed by atoms with van der Waals surface area (Å²) >= 11 is 0. The van der Waals surface area contributed by atoms with Crippen molar-refractivity contribution in [3.63, 3.8) is 0 Å². The first-order chi connectivity index (χ1) is 26.4. The highest BCUT2D eigenvalue weighted by Gasteiger charge is 2.41. The molecule has 4 atom stereocenters. The van der Waals surface area contributed by atoms with Crippen LogP contribution in [0.15, 0.2) is 113 Å². The molecule has 1 aromatic heterocycles. The van der Waals surface area contributed by atoms with E-state index in [9.17, 15) is 23.1 Å². The molecule has 0 radical (unpaired) electrons. The van der Waals surface area contributed by atoms with Crippen LogP contribution < -0.4 is 5.32 Å². The van der Waals surface area contributed by atoms with Crippen molar-refractivity contribution in [2.24, 2.45) is 17.0 Å². The van der Waals surface area contributed by atoms with Crippen LogP contribution in [0.5, 0.6) is 0 Å². The normalized spacial score (nSPS) is 15.8. The molecule has 3 aromatic carbocycles. The maximum absolute atomic E-state index is 14.4. The number of carbonyl (C=O) groups excluding carboxylic acids is 2. The highest BCUT2D eigenvalue weighted by molar-refractivity contribution is 7.89. The molecule has 1 aliphatic heterocycles. The average Bonchev–Trinajstić information content (AvgIpc) is 3.53. The van der Waals surface area contributed by atoms with E-state index in [1.807, 2.05) is 94.4 Å². The summed E-state index contributed by atoms with van der Waals surface area (Å²) in [7, 11) is -4.07. The molecular formula is C42H52N6O6S. The number of aliphatic hydroxyl groups is 1. The molecule has 1 saturated heterocycles. The molecule has 0 unspecified atom stereocenters. The van der Waals surface area contributed by atoms with Gasteiger partial charge >= 0.3 is 6.03 Å². The highest BCUT2D eigenvalue weighted by atomic mass is 32.2. The maximum atomic E-state index is 14.4. The van der Waals surface area contributed by atoms with Crippen LogP contribution in [0.2, 0.25) is 0 Å². The second-order valence-electron chi connectivity index (χ2n) is 14.6. The summed E-state index contributed by atoms with van der Waals surface area (Å²) in [5.74, 6) is -0.673. The van der Waals surface area contributed by atoms with Crippen LogP contribution in [0, 0.1) is 11.8 Å². The summed E-state index contributed by atoms with van der Waals surface area (Å²) in [6.45, 7) is 8.74. The van der Waals surface area contributed by atoms with Crippen molar-refractivity contribution < 1.29 is 28.3 Å². The van der Waals surface area contributed by atoms with Crippen molar-refractivity contribution >= 4 is 28.2 Å². The number of pyridine rings is 1. The van der Waals surface area contributed by atoms with Crippen molar-refractivity contribution in [3.8, 4) is 11.1 Å². The minimum atomic E-state index is -4.07. The van der Waals surface area contributed by atoms with Crippen LogP contribution in [-0.4, -0.2) is 100 Å². The number of sulfonamides is 1. The van der Waals surface area contributed by atoms with Gasteiger partial charge in [-0.3, -0.25) is 9.78 Å². The number of urea groups is 1. The van der Waals surface area contributed by atoms with Gasteiger partial charge in [0.2, 0.25) is 15.9 Å². The molecule has 0 bridgehead atoms. The third-order valence-electron chi connectivity index (χ3n) is 9.98. The molecule has 292 valence electrons. The van der Waals surface area contributed by atoms with Gasteiger partial charge in [0.05, 0.1) is 23.3 Å². The second-order valence-corrected chi connectivity index (χ2v) is 16.5. The van der Waals surface area contributed by atoms with Crippen LogP contribution in [0.1, 0.15) is 50.8 Å². The quantitative estimate of drug-likeness (QED) is 0.0672. The third kappa shape index (κ3) is 10.6. The predicted octanol–water partition coefficient (Wildman–Crippen LogP) is 5.64. The Bertz CT molecular complexity index is 2000. The second kappa shape index (κ2) is 19.0. The number of carbonyl (C=O) groups is 2. The Balaban J connectivity index is 1.36. The van der Waals surface area contributed by atoms with E-state index in [1.54, 1.807) is 22.2 Å². The zero-order valence-corrected chi connectivity index (χ0v) is 32.7. The molecule has 0 saturated carbocycles. The summed E-state index contributed by atoms with van der Waals surface area (Å²) in [6, 6.07) is 25.3. The van der Waals surface area contributed by atoms with E-state index < -0.39 is 34.1 Å². The topological polar surface area (TPSA) is 156 Å². The Kier molecular flexibility index (Phi) is 14.2. The van der Waals surface area contributed by atoms with Gasteiger partial charge in [-0.15, -0.1) is 0 Å². The van der Waals surface area contributed by atoms with Gasteiger partial charge in [-0.1, -0.05) is 106 Å². The lowest BCUT2D eigenvalue weighted by atomic mass is 9.95. The molecule has 13 heteroatoms. The van der Waals surface area contributed by atoms with Crippen LogP contribution in [0.4, 0.5) is 4.79 Å². The van der Waals surface area contributed by atoms with Crippen LogP contribution in [0.3, 0.4) is 0 Å². The van der Waals surface area contributed by atoms with Gasteiger partial charge in [0.25, 0.3) is 0 Å². The molecular weight excluding hydrogens is 717 g/mol. The van der Waals surface area contributed by atoms with E-state index in [4.69, 9.17) is 5.21 Å². The molecule has 3 N–H and O–H groups in total. The van der Waals surface area contributed by atoms with Crippen molar-refractivity contribution in [1.29, 1.82) is 0 Å². The van der Waals surface area contributed by atoms with Gasteiger partial charge < -0.3 is 25.4 Å². The highest BCUT2D eigenvalue weighted by Crippen LogP contribution is 2.26. The first kappa shape index (κ1) is 41.1. The minimum Gasteiger partial charge on any atom is -0.411 e. The fourth-order valence-corrected chi connectivity index (χ4v) is 8.54. The van der Waals surface area contributed by atoms with E-state index in [2.05, 4.69) is 15.5 Å². The van der Waals surface area contributed by atoms with Crippen molar-refractivity contribution in [2.45, 2.75) is 70.2 Å². The first-order valence-corrected chi connectivity index (χ1v) is 20.2. The van der Waals surface area contributed by atoms with E-state index in [0.29, 0.717) is 31.6 Å². The lowest BCUT2D eigenvalue weighted by Crippen LogP contribution is -2.57. The molecule has 5 rings (SSSR count). The van der Waals surface area contributed by atoms with Crippen molar-refractivity contribution in [1.82, 2.24) is 24.4 Å². The number of oxime groups is 1. The fourth-order valence-electron chi connectivity index (χ4n) is 6.91. The summed E-state index contributed by atoms with van der Waals surface area (Å²) in [5.41, 5.74) is 4.31. The Labute approximate surface area is 324 Å². The zero-order chi connectivity index (χ0) is 39.5. The molecule has 2 heterocycles. The molecule has 1 fully saturated rings. The Morgan fingerprint density at radius 2 is 1.65 bits per heavy atom. The Hall–Kier alpha value is -5.11. The lowest BCUT2D eigenvalue weighted by Gasteiger charge is -2.35. The smallest absolute Gasteiger partial charge is 0.321 e. The van der Waals surface area contributed by atoms with Crippen molar-refractivity contribution in [3.05, 3.63) is 120 Å². The number of benzene rings is 3. The number of nitrogens with zero attached hydrogens (tertiary/aromatic N) is 5. The Morgan fingerprint density at radius 3 is 2.31 bits per heavy atom. The van der Waals surface area contributed by atoms with Crippen LogP contribution in [-0.2, 0) is 27.8 Å². The average molecular weight is 769 g/mol. The number of amides is 3. The molecule has 55 heavy (non-hydrogen) atoms. The number of hydrogen-bond donors (Lipinski definition) is 3. The third-order valence-corrected chi connectivity index (χ3v) is 11.8. The van der Waals surface area contributed by atoms with E-state index in [0.717, 1.165) is 22.3 Å². The fraction of sp³-hybridized carbons (Fsp3) is 0.381. The number of nitrogens with one attached hydrogen (secondary N) is 1. The maximum Gasteiger partial charge on any atom is 0.321 e.